The monoisotopic (exact) mass is 353 g/mol. The van der Waals surface area contributed by atoms with Gasteiger partial charge < -0.3 is 15.2 Å². The van der Waals surface area contributed by atoms with Crippen molar-refractivity contribution in [1.29, 1.82) is 0 Å². The molecule has 1 saturated carbocycles. The van der Waals surface area contributed by atoms with Gasteiger partial charge in [0.05, 0.1) is 11.6 Å². The first kappa shape index (κ1) is 17.9. The van der Waals surface area contributed by atoms with Crippen molar-refractivity contribution in [3.8, 4) is 0 Å². The van der Waals surface area contributed by atoms with Gasteiger partial charge in [-0.25, -0.2) is 0 Å². The quantitative estimate of drug-likeness (QED) is 0.862. The summed E-state index contributed by atoms with van der Waals surface area (Å²) in [5, 5.41) is 5.41. The van der Waals surface area contributed by atoms with Crippen molar-refractivity contribution in [2.45, 2.75) is 32.4 Å². The van der Waals surface area contributed by atoms with Crippen LogP contribution in [-0.2, 0) is 0 Å². The second kappa shape index (κ2) is 7.15. The van der Waals surface area contributed by atoms with E-state index >= 15 is 0 Å². The van der Waals surface area contributed by atoms with Gasteiger partial charge in [0.15, 0.2) is 0 Å². The second-order valence-corrected chi connectivity index (χ2v) is 6.81. The van der Waals surface area contributed by atoms with Crippen molar-refractivity contribution in [3.05, 3.63) is 69.6 Å². The molecular weight excluding hydrogens is 330 g/mol. The van der Waals surface area contributed by atoms with Crippen molar-refractivity contribution >= 4 is 11.8 Å². The van der Waals surface area contributed by atoms with E-state index in [4.69, 9.17) is 0 Å². The number of hydrogen-bond acceptors (Lipinski definition) is 3. The molecule has 136 valence electrons. The summed E-state index contributed by atoms with van der Waals surface area (Å²) < 4.78 is 1.45. The van der Waals surface area contributed by atoms with Crippen LogP contribution in [0.2, 0.25) is 0 Å². The molecule has 0 radical (unpaired) electrons. The molecule has 1 fully saturated rings. The molecule has 1 aliphatic rings. The first-order valence-corrected chi connectivity index (χ1v) is 8.76. The normalized spacial score (nSPS) is 19.5. The molecule has 2 aromatic rings. The van der Waals surface area contributed by atoms with Gasteiger partial charge in [-0.3, -0.25) is 14.4 Å². The van der Waals surface area contributed by atoms with E-state index in [9.17, 15) is 14.4 Å². The highest BCUT2D eigenvalue weighted by Gasteiger charge is 2.34. The van der Waals surface area contributed by atoms with Crippen molar-refractivity contribution in [1.82, 2.24) is 15.2 Å². The predicted octanol–water partition coefficient (Wildman–Crippen LogP) is 1.96. The molecule has 1 unspecified atom stereocenters. The van der Waals surface area contributed by atoms with Gasteiger partial charge in [0.1, 0.15) is 5.56 Å². The number of nitrogens with zero attached hydrogens (tertiary/aromatic N) is 1. The molecule has 26 heavy (non-hydrogen) atoms. The number of aromatic nitrogens is 1. The van der Waals surface area contributed by atoms with Gasteiger partial charge in [-0.15, -0.1) is 0 Å². The smallest absolute Gasteiger partial charge is 0.264 e. The Morgan fingerprint density at radius 1 is 1.19 bits per heavy atom. The van der Waals surface area contributed by atoms with Gasteiger partial charge in [0.2, 0.25) is 0 Å². The maximum absolute atomic E-state index is 12.8. The van der Waals surface area contributed by atoms with Crippen LogP contribution in [0.4, 0.5) is 0 Å². The summed E-state index contributed by atoms with van der Waals surface area (Å²) in [5.74, 6) is -0.302. The number of rotatable bonds is 5. The van der Waals surface area contributed by atoms with E-state index in [1.807, 2.05) is 37.3 Å². The Bertz CT molecular complexity index is 889. The lowest BCUT2D eigenvalue weighted by Gasteiger charge is -2.18. The summed E-state index contributed by atoms with van der Waals surface area (Å²) >= 11 is 0. The molecule has 0 spiro atoms. The highest BCUT2D eigenvalue weighted by atomic mass is 16.2. The van der Waals surface area contributed by atoms with Crippen molar-refractivity contribution in [2.24, 2.45) is 5.92 Å². The minimum atomic E-state index is -0.501. The molecule has 6 heteroatoms. The molecule has 3 rings (SSSR count). The van der Waals surface area contributed by atoms with E-state index in [0.29, 0.717) is 11.5 Å². The third kappa shape index (κ3) is 3.54. The average Bonchev–Trinajstić information content (AvgIpc) is 3.35. The molecule has 1 heterocycles. The summed E-state index contributed by atoms with van der Waals surface area (Å²) in [6.07, 6.45) is 2.49. The van der Waals surface area contributed by atoms with Crippen LogP contribution in [-0.4, -0.2) is 29.5 Å². The Hall–Kier alpha value is -2.89. The fourth-order valence-electron chi connectivity index (χ4n) is 2.98. The molecule has 2 N–H and O–H groups in total. The highest BCUT2D eigenvalue weighted by Crippen LogP contribution is 2.29. The van der Waals surface area contributed by atoms with E-state index in [0.717, 1.165) is 12.0 Å². The lowest BCUT2D eigenvalue weighted by molar-refractivity contribution is 0.0948. The zero-order valence-electron chi connectivity index (χ0n) is 15.2. The minimum absolute atomic E-state index is 0.0354. The van der Waals surface area contributed by atoms with Crippen LogP contribution < -0.4 is 16.2 Å². The zero-order valence-corrected chi connectivity index (χ0v) is 15.2. The number of pyridine rings is 1. The van der Waals surface area contributed by atoms with Gasteiger partial charge in [-0.05, 0) is 30.9 Å². The molecule has 2 amide bonds. The fourth-order valence-corrected chi connectivity index (χ4v) is 2.98. The second-order valence-electron chi connectivity index (χ2n) is 6.81. The van der Waals surface area contributed by atoms with Crippen LogP contribution in [0.25, 0.3) is 0 Å². The first-order valence-electron chi connectivity index (χ1n) is 8.76. The van der Waals surface area contributed by atoms with E-state index in [1.165, 1.54) is 23.9 Å². The Labute approximate surface area is 152 Å². The van der Waals surface area contributed by atoms with Crippen LogP contribution in [0.3, 0.4) is 0 Å². The van der Waals surface area contributed by atoms with Gasteiger partial charge in [0, 0.05) is 19.3 Å². The Balaban J connectivity index is 2.04. The maximum atomic E-state index is 12.8. The lowest BCUT2D eigenvalue weighted by Crippen LogP contribution is -2.35. The first-order chi connectivity index (χ1) is 12.4. The largest absolute Gasteiger partial charge is 0.355 e. The Kier molecular flexibility index (Phi) is 4.93. The molecule has 1 aromatic carbocycles. The molecule has 0 bridgehead atoms. The van der Waals surface area contributed by atoms with E-state index in [1.54, 1.807) is 0 Å². The van der Waals surface area contributed by atoms with Gasteiger partial charge in [-0.2, -0.15) is 0 Å². The van der Waals surface area contributed by atoms with Gasteiger partial charge in [0.25, 0.3) is 17.4 Å². The third-order valence-electron chi connectivity index (χ3n) is 4.90. The molecule has 0 aliphatic heterocycles. The number of carbonyl (C=O) groups excluding carboxylic acids is 2. The Morgan fingerprint density at radius 2 is 1.85 bits per heavy atom. The zero-order chi connectivity index (χ0) is 18.8. The molecule has 3 atom stereocenters. The van der Waals surface area contributed by atoms with Crippen LogP contribution in [0.15, 0.2) is 47.4 Å². The molecule has 1 aromatic heterocycles. The third-order valence-corrected chi connectivity index (χ3v) is 4.90. The number of benzene rings is 1. The predicted molar refractivity (Wildman–Crippen MR) is 99.4 cm³/mol. The SMILES string of the molecule is CNC(=O)c1cc(C(=O)N[C@H]2C[C@@H]2C)cn(C(C)c2ccccc2)c1=O. The van der Waals surface area contributed by atoms with Crippen molar-refractivity contribution in [3.63, 3.8) is 0 Å². The van der Waals surface area contributed by atoms with Crippen LogP contribution >= 0.6 is 0 Å². The van der Waals surface area contributed by atoms with Crippen LogP contribution in [0, 0.1) is 5.92 Å². The molecule has 6 nitrogen and oxygen atoms in total. The number of carbonyl (C=O) groups is 2. The molecule has 0 saturated heterocycles. The summed E-state index contributed by atoms with van der Waals surface area (Å²) in [4.78, 5) is 37.5. The number of nitrogens with one attached hydrogen (secondary N) is 2. The van der Waals surface area contributed by atoms with Crippen molar-refractivity contribution < 1.29 is 9.59 Å². The fraction of sp³-hybridized carbons (Fsp3) is 0.350. The van der Waals surface area contributed by atoms with Gasteiger partial charge in [-0.1, -0.05) is 37.3 Å². The highest BCUT2D eigenvalue weighted by molar-refractivity contribution is 5.99. The standard InChI is InChI=1S/C20H23N3O3/c1-12-9-17(12)22-18(24)15-10-16(19(25)21-3)20(26)23(11-15)13(2)14-7-5-4-6-8-14/h4-8,10-13,17H,9H2,1-3H3,(H,21,25)(H,22,24)/t12-,13?,17-/m0/s1. The summed E-state index contributed by atoms with van der Waals surface area (Å²) in [5.41, 5.74) is 0.778. The average molecular weight is 353 g/mol. The Morgan fingerprint density at radius 3 is 2.42 bits per heavy atom. The summed E-state index contributed by atoms with van der Waals surface area (Å²) in [7, 11) is 1.46. The number of amides is 2. The molecule has 1 aliphatic carbocycles. The van der Waals surface area contributed by atoms with Crippen LogP contribution in [0.5, 0.6) is 0 Å². The van der Waals surface area contributed by atoms with E-state index in [2.05, 4.69) is 17.6 Å². The summed E-state index contributed by atoms with van der Waals surface area (Å²) in [6.45, 7) is 3.94. The lowest BCUT2D eigenvalue weighted by atomic mass is 10.1. The van der Waals surface area contributed by atoms with E-state index < -0.39 is 11.5 Å². The van der Waals surface area contributed by atoms with Gasteiger partial charge >= 0.3 is 0 Å². The maximum Gasteiger partial charge on any atom is 0.264 e. The van der Waals surface area contributed by atoms with E-state index in [-0.39, 0.29) is 23.6 Å². The number of hydrogen-bond donors (Lipinski definition) is 2. The van der Waals surface area contributed by atoms with Crippen molar-refractivity contribution in [2.75, 3.05) is 7.05 Å². The molecular formula is C20H23N3O3. The minimum Gasteiger partial charge on any atom is -0.355 e. The topological polar surface area (TPSA) is 80.2 Å². The van der Waals surface area contributed by atoms with Crippen LogP contribution in [0.1, 0.15) is 52.6 Å². The summed E-state index contributed by atoms with van der Waals surface area (Å²) in [6, 6.07) is 10.7.